The quantitative estimate of drug-likeness (QED) is 0.751. The molecule has 0 radical (unpaired) electrons. The molecule has 1 aliphatic carbocycles. The van der Waals surface area contributed by atoms with Gasteiger partial charge in [-0.05, 0) is 42.7 Å². The first-order valence-electron chi connectivity index (χ1n) is 8.96. The van der Waals surface area contributed by atoms with Gasteiger partial charge in [-0.2, -0.15) is 0 Å². The molecule has 0 heterocycles. The van der Waals surface area contributed by atoms with Crippen LogP contribution in [0.3, 0.4) is 0 Å². The summed E-state index contributed by atoms with van der Waals surface area (Å²) in [5.74, 6) is 0.790. The van der Waals surface area contributed by atoms with Gasteiger partial charge in [-0.1, -0.05) is 18.2 Å². The Bertz CT molecular complexity index is 804. The van der Waals surface area contributed by atoms with Crippen LogP contribution < -0.4 is 20.1 Å². The summed E-state index contributed by atoms with van der Waals surface area (Å²) in [5, 5.41) is 5.76. The first kappa shape index (κ1) is 18.8. The van der Waals surface area contributed by atoms with Crippen LogP contribution in [0.25, 0.3) is 0 Å². The van der Waals surface area contributed by atoms with Gasteiger partial charge in [0.15, 0.2) is 0 Å². The fourth-order valence-electron chi connectivity index (χ4n) is 2.96. The monoisotopic (exact) mass is 368 g/mol. The third-order valence-electron chi connectivity index (χ3n) is 4.67. The number of anilines is 1. The predicted molar refractivity (Wildman–Crippen MR) is 103 cm³/mol. The summed E-state index contributed by atoms with van der Waals surface area (Å²) in [7, 11) is 3.21. The Morgan fingerprint density at radius 3 is 2.37 bits per heavy atom. The molecule has 2 N–H and O–H groups in total. The highest BCUT2D eigenvalue weighted by Crippen LogP contribution is 2.39. The van der Waals surface area contributed by atoms with Gasteiger partial charge in [0.25, 0.3) is 0 Å². The molecular formula is C21H24N2O4. The maximum atomic E-state index is 12.3. The number of rotatable bonds is 8. The molecule has 1 aliphatic rings. The van der Waals surface area contributed by atoms with E-state index >= 15 is 0 Å². The second-order valence-corrected chi connectivity index (χ2v) is 6.56. The second kappa shape index (κ2) is 8.58. The summed E-state index contributed by atoms with van der Waals surface area (Å²) in [6.07, 6.45) is 1.33. The SMILES string of the molecule is COc1ccc(CCNC(=O)C2CC2C(=O)Nc2cccc(OC)c2)cc1. The van der Waals surface area contributed by atoms with E-state index in [0.717, 1.165) is 17.7 Å². The van der Waals surface area contributed by atoms with Gasteiger partial charge < -0.3 is 20.1 Å². The minimum atomic E-state index is -0.266. The Balaban J connectivity index is 1.42. The molecule has 2 aromatic rings. The maximum absolute atomic E-state index is 12.3. The van der Waals surface area contributed by atoms with Crippen molar-refractivity contribution in [3.63, 3.8) is 0 Å². The summed E-state index contributed by atoms with van der Waals surface area (Å²) in [6.45, 7) is 0.548. The molecule has 1 fully saturated rings. The van der Waals surface area contributed by atoms with Gasteiger partial charge in [0, 0.05) is 18.3 Å². The third kappa shape index (κ3) is 5.00. The van der Waals surface area contributed by atoms with Gasteiger partial charge in [0.05, 0.1) is 26.1 Å². The van der Waals surface area contributed by atoms with Crippen molar-refractivity contribution < 1.29 is 19.1 Å². The lowest BCUT2D eigenvalue weighted by atomic mass is 10.1. The standard InChI is InChI=1S/C21H24N2O4/c1-26-16-8-6-14(7-9-16)10-11-22-20(24)18-13-19(18)21(25)23-15-4-3-5-17(12-15)27-2/h3-9,12,18-19H,10-11,13H2,1-2H3,(H,22,24)(H,23,25). The van der Waals surface area contributed by atoms with Gasteiger partial charge in [-0.3, -0.25) is 9.59 Å². The van der Waals surface area contributed by atoms with Crippen molar-refractivity contribution >= 4 is 17.5 Å². The highest BCUT2D eigenvalue weighted by Gasteiger charge is 2.47. The fraction of sp³-hybridized carbons (Fsp3) is 0.333. The summed E-state index contributed by atoms with van der Waals surface area (Å²) >= 11 is 0. The van der Waals surface area contributed by atoms with Crippen LogP contribution in [0.1, 0.15) is 12.0 Å². The molecule has 0 spiro atoms. The van der Waals surface area contributed by atoms with Crippen LogP contribution in [-0.2, 0) is 16.0 Å². The van der Waals surface area contributed by atoms with Crippen LogP contribution in [0.5, 0.6) is 11.5 Å². The Morgan fingerprint density at radius 1 is 0.963 bits per heavy atom. The van der Waals surface area contributed by atoms with E-state index in [1.807, 2.05) is 36.4 Å². The van der Waals surface area contributed by atoms with E-state index in [4.69, 9.17) is 9.47 Å². The van der Waals surface area contributed by atoms with Crippen molar-refractivity contribution in [2.75, 3.05) is 26.1 Å². The highest BCUT2D eigenvalue weighted by atomic mass is 16.5. The second-order valence-electron chi connectivity index (χ2n) is 6.56. The van der Waals surface area contributed by atoms with Gasteiger partial charge in [0.2, 0.25) is 11.8 Å². The van der Waals surface area contributed by atoms with Crippen molar-refractivity contribution in [3.8, 4) is 11.5 Å². The predicted octanol–water partition coefficient (Wildman–Crippen LogP) is 2.64. The molecule has 0 aromatic heterocycles. The van der Waals surface area contributed by atoms with Crippen molar-refractivity contribution in [2.45, 2.75) is 12.8 Å². The lowest BCUT2D eigenvalue weighted by Crippen LogP contribution is -2.29. The van der Waals surface area contributed by atoms with Crippen molar-refractivity contribution in [1.29, 1.82) is 0 Å². The Kier molecular flexibility index (Phi) is 5.96. The number of amides is 2. The Hall–Kier alpha value is -3.02. The first-order valence-corrected chi connectivity index (χ1v) is 8.96. The van der Waals surface area contributed by atoms with Gasteiger partial charge in [-0.15, -0.1) is 0 Å². The molecule has 0 saturated heterocycles. The van der Waals surface area contributed by atoms with Crippen LogP contribution in [-0.4, -0.2) is 32.6 Å². The molecule has 0 bridgehead atoms. The van der Waals surface area contributed by atoms with Crippen LogP contribution in [0.4, 0.5) is 5.69 Å². The largest absolute Gasteiger partial charge is 0.497 e. The number of hydrogen-bond acceptors (Lipinski definition) is 4. The Morgan fingerprint density at radius 2 is 1.67 bits per heavy atom. The summed E-state index contributed by atoms with van der Waals surface area (Å²) < 4.78 is 10.3. The minimum absolute atomic E-state index is 0.0608. The highest BCUT2D eigenvalue weighted by molar-refractivity contribution is 5.99. The average Bonchev–Trinajstić information content (AvgIpc) is 3.50. The number of carbonyl (C=O) groups is 2. The molecule has 2 aromatic carbocycles. The summed E-state index contributed by atoms with van der Waals surface area (Å²) in [5.41, 5.74) is 1.80. The number of methoxy groups -OCH3 is 2. The van der Waals surface area contributed by atoms with Crippen LogP contribution >= 0.6 is 0 Å². The fourth-order valence-corrected chi connectivity index (χ4v) is 2.96. The maximum Gasteiger partial charge on any atom is 0.228 e. The van der Waals surface area contributed by atoms with Gasteiger partial charge in [0.1, 0.15) is 11.5 Å². The molecular weight excluding hydrogens is 344 g/mol. The molecule has 1 saturated carbocycles. The lowest BCUT2D eigenvalue weighted by Gasteiger charge is -2.08. The molecule has 6 nitrogen and oxygen atoms in total. The van der Waals surface area contributed by atoms with E-state index in [1.165, 1.54) is 0 Å². The normalized spacial score (nSPS) is 17.7. The van der Waals surface area contributed by atoms with E-state index in [2.05, 4.69) is 10.6 Å². The van der Waals surface area contributed by atoms with E-state index in [9.17, 15) is 9.59 Å². The zero-order chi connectivity index (χ0) is 19.2. The number of benzene rings is 2. The summed E-state index contributed by atoms with van der Waals surface area (Å²) in [4.78, 5) is 24.5. The molecule has 3 rings (SSSR count). The van der Waals surface area contributed by atoms with E-state index < -0.39 is 0 Å². The van der Waals surface area contributed by atoms with Crippen molar-refractivity contribution in [2.24, 2.45) is 11.8 Å². The zero-order valence-electron chi connectivity index (χ0n) is 15.5. The Labute approximate surface area is 158 Å². The van der Waals surface area contributed by atoms with Crippen LogP contribution in [0.15, 0.2) is 48.5 Å². The smallest absolute Gasteiger partial charge is 0.228 e. The van der Waals surface area contributed by atoms with Crippen molar-refractivity contribution in [3.05, 3.63) is 54.1 Å². The molecule has 6 heteroatoms. The van der Waals surface area contributed by atoms with E-state index in [0.29, 0.717) is 24.4 Å². The van der Waals surface area contributed by atoms with Crippen LogP contribution in [0, 0.1) is 11.8 Å². The molecule has 0 aliphatic heterocycles. The average molecular weight is 368 g/mol. The first-order chi connectivity index (χ1) is 13.1. The number of hydrogen-bond donors (Lipinski definition) is 2. The molecule has 2 amide bonds. The number of ether oxygens (including phenoxy) is 2. The molecule has 2 unspecified atom stereocenters. The van der Waals surface area contributed by atoms with Crippen LogP contribution in [0.2, 0.25) is 0 Å². The van der Waals surface area contributed by atoms with E-state index in [1.54, 1.807) is 26.4 Å². The third-order valence-corrected chi connectivity index (χ3v) is 4.67. The number of carbonyl (C=O) groups excluding carboxylic acids is 2. The van der Waals surface area contributed by atoms with Crippen molar-refractivity contribution in [1.82, 2.24) is 5.32 Å². The van der Waals surface area contributed by atoms with E-state index in [-0.39, 0.29) is 23.7 Å². The number of nitrogens with one attached hydrogen (secondary N) is 2. The molecule has 27 heavy (non-hydrogen) atoms. The molecule has 142 valence electrons. The van der Waals surface area contributed by atoms with Gasteiger partial charge >= 0.3 is 0 Å². The minimum Gasteiger partial charge on any atom is -0.497 e. The summed E-state index contributed by atoms with van der Waals surface area (Å²) in [6, 6.07) is 14.9. The lowest BCUT2D eigenvalue weighted by molar-refractivity contribution is -0.125. The topological polar surface area (TPSA) is 76.7 Å². The molecule has 2 atom stereocenters. The zero-order valence-corrected chi connectivity index (χ0v) is 15.5. The van der Waals surface area contributed by atoms with Gasteiger partial charge in [-0.25, -0.2) is 0 Å².